The van der Waals surface area contributed by atoms with Gasteiger partial charge in [0.1, 0.15) is 11.6 Å². The highest BCUT2D eigenvalue weighted by atomic mass is 35.5. The van der Waals surface area contributed by atoms with Crippen molar-refractivity contribution in [3.8, 4) is 0 Å². The molecule has 0 unspecified atom stereocenters. The van der Waals surface area contributed by atoms with Crippen LogP contribution >= 0.6 is 11.6 Å². The molecule has 0 aliphatic carbocycles. The average Bonchev–Trinajstić information content (AvgIpc) is 2.43. The summed E-state index contributed by atoms with van der Waals surface area (Å²) >= 11 is 5.79. The Morgan fingerprint density at radius 2 is 2.14 bits per heavy atom. The molecule has 0 amide bonds. The van der Waals surface area contributed by atoms with Gasteiger partial charge in [-0.1, -0.05) is 11.6 Å². The fourth-order valence-corrected chi connectivity index (χ4v) is 1.86. The monoisotopic (exact) mass is 310 g/mol. The first-order valence-corrected chi connectivity index (χ1v) is 6.50. The number of hydrogen-bond donors (Lipinski definition) is 2. The smallest absolute Gasteiger partial charge is 0.311 e. The Hall–Kier alpha value is -2.41. The van der Waals surface area contributed by atoms with Gasteiger partial charge in [-0.05, 0) is 31.2 Å². The summed E-state index contributed by atoms with van der Waals surface area (Å²) in [6, 6.07) is 6.68. The van der Waals surface area contributed by atoms with Crippen molar-refractivity contribution in [3.05, 3.63) is 51.3 Å². The molecule has 1 aromatic carbocycles. The maximum Gasteiger partial charge on any atom is 0.311 e. The van der Waals surface area contributed by atoms with Gasteiger partial charge in [-0.3, -0.25) is 10.1 Å². The second-order valence-electron chi connectivity index (χ2n) is 4.10. The van der Waals surface area contributed by atoms with Crippen LogP contribution < -0.4 is 10.6 Å². The Labute approximate surface area is 125 Å². The van der Waals surface area contributed by atoms with Crippen molar-refractivity contribution in [2.75, 3.05) is 17.2 Å². The molecule has 0 bridgehead atoms. The number of halogens is 2. The molecule has 2 aromatic rings. The molecule has 1 heterocycles. The number of nitro groups is 1. The maximum absolute atomic E-state index is 13.7. The molecule has 0 radical (unpaired) electrons. The summed E-state index contributed by atoms with van der Waals surface area (Å²) in [5, 5.41) is 16.9. The van der Waals surface area contributed by atoms with Gasteiger partial charge in [-0.25, -0.2) is 9.37 Å². The van der Waals surface area contributed by atoms with E-state index < -0.39 is 10.7 Å². The SMILES string of the molecule is CCNc1ccc([N+](=O)[O-])c(Nc2cc(Cl)ccc2F)n1. The molecular formula is C13H12ClFN4O2. The Morgan fingerprint density at radius 1 is 1.38 bits per heavy atom. The largest absolute Gasteiger partial charge is 0.370 e. The zero-order valence-electron chi connectivity index (χ0n) is 11.1. The minimum Gasteiger partial charge on any atom is -0.370 e. The van der Waals surface area contributed by atoms with Gasteiger partial charge in [-0.15, -0.1) is 0 Å². The Bertz CT molecular complexity index is 681. The summed E-state index contributed by atoms with van der Waals surface area (Å²) in [5.41, 5.74) is -0.234. The molecule has 2 N–H and O–H groups in total. The normalized spacial score (nSPS) is 10.2. The van der Waals surface area contributed by atoms with Gasteiger partial charge in [0, 0.05) is 17.6 Å². The molecule has 1 aromatic heterocycles. The highest BCUT2D eigenvalue weighted by Gasteiger charge is 2.17. The summed E-state index contributed by atoms with van der Waals surface area (Å²) in [5.74, 6) is -0.183. The number of benzene rings is 1. The molecule has 0 fully saturated rings. The number of nitrogens with one attached hydrogen (secondary N) is 2. The van der Waals surface area contributed by atoms with Gasteiger partial charge >= 0.3 is 5.69 Å². The second kappa shape index (κ2) is 6.36. The predicted molar refractivity (Wildman–Crippen MR) is 79.7 cm³/mol. The van der Waals surface area contributed by atoms with Gasteiger partial charge in [0.25, 0.3) is 0 Å². The van der Waals surface area contributed by atoms with E-state index in [1.54, 1.807) is 0 Å². The zero-order valence-corrected chi connectivity index (χ0v) is 11.8. The highest BCUT2D eigenvalue weighted by molar-refractivity contribution is 6.30. The first kappa shape index (κ1) is 15.0. The number of hydrogen-bond acceptors (Lipinski definition) is 5. The molecule has 0 aliphatic heterocycles. The van der Waals surface area contributed by atoms with E-state index in [-0.39, 0.29) is 17.2 Å². The van der Waals surface area contributed by atoms with Crippen LogP contribution in [0.2, 0.25) is 5.02 Å². The third kappa shape index (κ3) is 3.57. The molecule has 8 heteroatoms. The van der Waals surface area contributed by atoms with E-state index in [1.165, 1.54) is 30.3 Å². The van der Waals surface area contributed by atoms with Gasteiger partial charge < -0.3 is 10.6 Å². The lowest BCUT2D eigenvalue weighted by molar-refractivity contribution is -0.384. The van der Waals surface area contributed by atoms with E-state index in [0.717, 1.165) is 0 Å². The number of anilines is 3. The summed E-state index contributed by atoms with van der Waals surface area (Å²) in [7, 11) is 0. The molecule has 0 atom stereocenters. The Balaban J connectivity index is 2.43. The molecule has 21 heavy (non-hydrogen) atoms. The zero-order chi connectivity index (χ0) is 15.4. The molecule has 6 nitrogen and oxygen atoms in total. The third-order valence-electron chi connectivity index (χ3n) is 2.61. The van der Waals surface area contributed by atoms with Crippen molar-refractivity contribution in [2.24, 2.45) is 0 Å². The number of pyridine rings is 1. The highest BCUT2D eigenvalue weighted by Crippen LogP contribution is 2.29. The van der Waals surface area contributed by atoms with E-state index in [4.69, 9.17) is 11.6 Å². The number of nitrogens with zero attached hydrogens (tertiary/aromatic N) is 2. The van der Waals surface area contributed by atoms with Crippen LogP contribution in [0.15, 0.2) is 30.3 Å². The van der Waals surface area contributed by atoms with Gasteiger partial charge in [0.05, 0.1) is 10.6 Å². The molecular weight excluding hydrogens is 299 g/mol. The van der Waals surface area contributed by atoms with Crippen LogP contribution in [0.1, 0.15) is 6.92 Å². The lowest BCUT2D eigenvalue weighted by Gasteiger charge is -2.10. The predicted octanol–water partition coefficient (Wildman–Crippen LogP) is 3.96. The molecule has 0 saturated carbocycles. The summed E-state index contributed by atoms with van der Waals surface area (Å²) in [4.78, 5) is 14.5. The van der Waals surface area contributed by atoms with Crippen LogP contribution in [0.3, 0.4) is 0 Å². The lowest BCUT2D eigenvalue weighted by atomic mass is 10.3. The first-order chi connectivity index (χ1) is 10.0. The van der Waals surface area contributed by atoms with Crippen molar-refractivity contribution in [2.45, 2.75) is 6.92 Å². The van der Waals surface area contributed by atoms with E-state index >= 15 is 0 Å². The van der Waals surface area contributed by atoms with Crippen LogP contribution in [-0.2, 0) is 0 Å². The van der Waals surface area contributed by atoms with E-state index in [9.17, 15) is 14.5 Å². The van der Waals surface area contributed by atoms with Crippen LogP contribution in [-0.4, -0.2) is 16.5 Å². The molecule has 0 aliphatic rings. The molecule has 0 spiro atoms. The summed E-state index contributed by atoms with van der Waals surface area (Å²) in [6.45, 7) is 2.47. The van der Waals surface area contributed by atoms with E-state index in [1.807, 2.05) is 6.92 Å². The van der Waals surface area contributed by atoms with Crippen molar-refractivity contribution in [1.82, 2.24) is 4.98 Å². The van der Waals surface area contributed by atoms with Crippen LogP contribution in [0.25, 0.3) is 0 Å². The molecule has 0 saturated heterocycles. The summed E-state index contributed by atoms with van der Waals surface area (Å²) < 4.78 is 13.7. The van der Waals surface area contributed by atoms with Crippen molar-refractivity contribution < 1.29 is 9.31 Å². The van der Waals surface area contributed by atoms with Gasteiger partial charge in [0.2, 0.25) is 5.82 Å². The minimum atomic E-state index is -0.590. The van der Waals surface area contributed by atoms with Crippen LogP contribution in [0.4, 0.5) is 27.4 Å². The van der Waals surface area contributed by atoms with E-state index in [0.29, 0.717) is 17.4 Å². The Kier molecular flexibility index (Phi) is 4.54. The number of aromatic nitrogens is 1. The van der Waals surface area contributed by atoms with Crippen molar-refractivity contribution in [3.63, 3.8) is 0 Å². The fourth-order valence-electron chi connectivity index (χ4n) is 1.69. The Morgan fingerprint density at radius 3 is 2.81 bits per heavy atom. The van der Waals surface area contributed by atoms with Crippen LogP contribution in [0.5, 0.6) is 0 Å². The third-order valence-corrected chi connectivity index (χ3v) is 2.85. The van der Waals surface area contributed by atoms with Crippen molar-refractivity contribution in [1.29, 1.82) is 0 Å². The standard InChI is InChI=1S/C13H12ClFN4O2/c1-2-16-12-6-5-11(19(20)21)13(18-12)17-10-7-8(14)3-4-9(10)15/h3-7H,2H2,1H3,(H2,16,17,18). The average molecular weight is 311 g/mol. The number of rotatable bonds is 5. The van der Waals surface area contributed by atoms with E-state index in [2.05, 4.69) is 15.6 Å². The second-order valence-corrected chi connectivity index (χ2v) is 4.54. The molecule has 2 rings (SSSR count). The van der Waals surface area contributed by atoms with Crippen molar-refractivity contribution >= 4 is 34.6 Å². The first-order valence-electron chi connectivity index (χ1n) is 6.12. The fraction of sp³-hybridized carbons (Fsp3) is 0.154. The maximum atomic E-state index is 13.7. The quantitative estimate of drug-likeness (QED) is 0.645. The topological polar surface area (TPSA) is 80.1 Å². The van der Waals surface area contributed by atoms with Crippen LogP contribution in [0, 0.1) is 15.9 Å². The van der Waals surface area contributed by atoms with Gasteiger partial charge in [-0.2, -0.15) is 0 Å². The minimum absolute atomic E-state index is 0.0201. The summed E-state index contributed by atoms with van der Waals surface area (Å²) in [6.07, 6.45) is 0. The lowest BCUT2D eigenvalue weighted by Crippen LogP contribution is -2.05. The van der Waals surface area contributed by atoms with Gasteiger partial charge in [0.15, 0.2) is 0 Å². The molecule has 110 valence electrons.